The molecular weight excluding hydrogens is 1470 g/mol. The molecule has 3 fully saturated rings. The minimum atomic E-state index is -0.979. The monoisotopic (exact) mass is 1550 g/mol. The molecule has 3 amide bonds. The molecule has 0 radical (unpaired) electrons. The molecule has 0 saturated heterocycles. The van der Waals surface area contributed by atoms with Crippen LogP contribution in [0.5, 0.6) is 17.2 Å². The summed E-state index contributed by atoms with van der Waals surface area (Å²) >= 11 is 0. The fourth-order valence-electron chi connectivity index (χ4n) is 19.5. The standard InChI is InChI=1S/2C31H29F2N3O3.C27H23F2N3O3.CH4/c2*1-2-3-14-39-29-26(37)12-13-35-28(29)30(38)34(17-19-8-9-19)18-36(35)31-21(15-20-6-4-5-7-23(20)31)16-22-24(31)10-11-25(32)27(22)33;28-21-8-7-20-18(23(21)29)12-17-11-16-3-1-2-4-19(16)27(17,20)32-14-30(13-15-5-6-15)26(35)24-25(34)22(33)9-10-31(24)32;/h4-7,10-13,16,19H,2-3,8-9,14-15,17-18H2,1H3;4-7,10-13,15,19H,2-3,8-9,14,16-18H2,1H3;1-4,7-10,15,17,34H,5-6,11-14H2;1H4. The lowest BCUT2D eigenvalue weighted by Crippen LogP contribution is -2.63. The molecule has 12 aliphatic rings. The lowest BCUT2D eigenvalue weighted by atomic mass is 9.81. The Kier molecular flexibility index (Phi) is 18.1. The van der Waals surface area contributed by atoms with E-state index < -0.39 is 68.6 Å². The Morgan fingerprint density at radius 1 is 0.439 bits per heavy atom. The topological polar surface area (TPSA) is 175 Å². The number of unbranched alkanes of at least 4 members (excludes halogenated alkanes) is 2. The average molecular weight is 1550 g/mol. The first-order valence-corrected chi connectivity index (χ1v) is 39.4. The highest BCUT2D eigenvalue weighted by Gasteiger charge is 2.62. The van der Waals surface area contributed by atoms with E-state index in [0.717, 1.165) is 109 Å². The third kappa shape index (κ3) is 11.2. The lowest BCUT2D eigenvalue weighted by Gasteiger charge is -2.50. The second kappa shape index (κ2) is 27.9. The third-order valence-electron chi connectivity index (χ3n) is 25.2. The molecule has 9 aromatic rings. The van der Waals surface area contributed by atoms with Crippen LogP contribution in [-0.2, 0) is 42.3 Å². The van der Waals surface area contributed by atoms with Crippen LogP contribution in [0.3, 0.4) is 0 Å². The van der Waals surface area contributed by atoms with Crippen LogP contribution in [-0.4, -0.2) is 104 Å². The van der Waals surface area contributed by atoms with Gasteiger partial charge in [-0.3, -0.25) is 57.8 Å². The highest BCUT2D eigenvalue weighted by Crippen LogP contribution is 2.61. The summed E-state index contributed by atoms with van der Waals surface area (Å²) in [6.07, 6.45) is 19.9. The molecule has 6 heterocycles. The molecular formula is C90H85F6N9O9. The number of amides is 3. The number of rotatable bonds is 17. The molecule has 9 aliphatic carbocycles. The van der Waals surface area contributed by atoms with Gasteiger partial charge in [-0.15, -0.1) is 0 Å². The summed E-state index contributed by atoms with van der Waals surface area (Å²) < 4.78 is 106. The predicted molar refractivity (Wildman–Crippen MR) is 417 cm³/mol. The number of hydrogen-bond acceptors (Lipinski definition) is 12. The first kappa shape index (κ1) is 73.9. The van der Waals surface area contributed by atoms with E-state index in [1.54, 1.807) is 65.4 Å². The zero-order chi connectivity index (χ0) is 77.8. The summed E-state index contributed by atoms with van der Waals surface area (Å²) in [6.45, 7) is 7.01. The molecule has 4 unspecified atom stereocenters. The first-order valence-electron chi connectivity index (χ1n) is 39.4. The van der Waals surface area contributed by atoms with Crippen LogP contribution in [0.25, 0.3) is 12.2 Å². The van der Waals surface area contributed by atoms with Crippen LogP contribution in [0.4, 0.5) is 26.3 Å². The quantitative estimate of drug-likeness (QED) is 0.0676. The van der Waals surface area contributed by atoms with Gasteiger partial charge in [-0.05, 0) is 179 Å². The van der Waals surface area contributed by atoms with Crippen molar-refractivity contribution in [2.75, 3.05) is 67.9 Å². The van der Waals surface area contributed by atoms with Crippen LogP contribution in [0.2, 0.25) is 0 Å². The number of carbonyl (C=O) groups excluding carboxylic acids is 3. The van der Waals surface area contributed by atoms with E-state index in [0.29, 0.717) is 97.7 Å². The Bertz CT molecular complexity index is 5700. The Hall–Kier alpha value is -11.6. The minimum Gasteiger partial charge on any atom is -0.502 e. The molecule has 3 saturated carbocycles. The smallest absolute Gasteiger partial charge is 0.277 e. The van der Waals surface area contributed by atoms with Crippen LogP contribution >= 0.6 is 0 Å². The maximum atomic E-state index is 15.3. The van der Waals surface area contributed by atoms with Crippen LogP contribution < -0.4 is 40.8 Å². The van der Waals surface area contributed by atoms with Gasteiger partial charge >= 0.3 is 0 Å². The van der Waals surface area contributed by atoms with E-state index >= 15 is 13.2 Å². The highest BCUT2D eigenvalue weighted by atomic mass is 19.2. The summed E-state index contributed by atoms with van der Waals surface area (Å²) in [5, 5.41) is 16.8. The molecule has 0 spiro atoms. The van der Waals surface area contributed by atoms with E-state index in [4.69, 9.17) is 9.47 Å². The molecule has 21 rings (SSSR count). The maximum absolute atomic E-state index is 15.3. The zero-order valence-corrected chi connectivity index (χ0v) is 62.4. The Balaban J connectivity index is 0.000000119. The zero-order valence-electron chi connectivity index (χ0n) is 62.4. The molecule has 3 aliphatic heterocycles. The van der Waals surface area contributed by atoms with E-state index in [9.17, 15) is 47.0 Å². The van der Waals surface area contributed by atoms with Gasteiger partial charge < -0.3 is 29.3 Å². The van der Waals surface area contributed by atoms with Crippen molar-refractivity contribution in [2.24, 2.45) is 23.7 Å². The summed E-state index contributed by atoms with van der Waals surface area (Å²) in [6, 6.07) is 36.5. The summed E-state index contributed by atoms with van der Waals surface area (Å²) in [5.74, 6) is -5.52. The van der Waals surface area contributed by atoms with Gasteiger partial charge in [0, 0.05) is 79.9 Å². The Morgan fingerprint density at radius 2 is 0.895 bits per heavy atom. The minimum absolute atomic E-state index is 0. The number of hydrogen-bond donors (Lipinski definition) is 1. The fraction of sp³-hybridized carbons (Fsp3) is 0.356. The van der Waals surface area contributed by atoms with Crippen molar-refractivity contribution < 1.29 is 55.3 Å². The molecule has 6 aromatic carbocycles. The SMILES string of the molecule is C.CCCCOc1c2n(ccc1=O)N(C13C(=Cc4c1ccc(F)c4F)Cc1ccccc13)CN(CC1CC1)C2=O.CCCCOc1c2n(ccc1=O)N(C13C(=Cc4ccccc41)Cc1c3ccc(F)c1F)CN(CC1CC1)C2=O.O=C1c2c(O)c(=O)ccn2N(C23c4ccccc4CC2Cc2c3ccc(F)c2F)CN1CC1CC1. The van der Waals surface area contributed by atoms with Crippen molar-refractivity contribution in [3.05, 3.63) is 307 Å². The summed E-state index contributed by atoms with van der Waals surface area (Å²) in [4.78, 5) is 85.1. The van der Waals surface area contributed by atoms with Crippen LogP contribution in [0.15, 0.2) is 172 Å². The molecule has 3 aromatic heterocycles. The molecule has 0 bridgehead atoms. The lowest BCUT2D eigenvalue weighted by molar-refractivity contribution is 0.0633. The van der Waals surface area contributed by atoms with Crippen molar-refractivity contribution in [1.29, 1.82) is 0 Å². The van der Waals surface area contributed by atoms with Crippen molar-refractivity contribution in [1.82, 2.24) is 28.7 Å². The number of aromatic nitrogens is 3. The predicted octanol–water partition coefficient (Wildman–Crippen LogP) is 13.8. The van der Waals surface area contributed by atoms with Gasteiger partial charge in [0.1, 0.15) is 36.6 Å². The normalized spacial score (nSPS) is 21.8. The van der Waals surface area contributed by atoms with Gasteiger partial charge in [-0.25, -0.2) is 26.3 Å². The maximum Gasteiger partial charge on any atom is 0.277 e. The number of fused-ring (bicyclic) bond motifs is 18. The number of carbonyl (C=O) groups is 3. The largest absolute Gasteiger partial charge is 0.502 e. The summed E-state index contributed by atoms with van der Waals surface area (Å²) in [7, 11) is 0. The van der Waals surface area contributed by atoms with Gasteiger partial charge in [0.15, 0.2) is 69.2 Å². The number of ether oxygens (including phenoxy) is 2. The van der Waals surface area contributed by atoms with E-state index in [1.807, 2.05) is 89.5 Å². The number of nitrogens with zero attached hydrogens (tertiary/aromatic N) is 9. The second-order valence-electron chi connectivity index (χ2n) is 32.1. The van der Waals surface area contributed by atoms with Crippen LogP contribution in [0, 0.1) is 58.6 Å². The molecule has 1 N–H and O–H groups in total. The van der Waals surface area contributed by atoms with E-state index in [1.165, 1.54) is 42.6 Å². The third-order valence-corrected chi connectivity index (χ3v) is 25.2. The van der Waals surface area contributed by atoms with Crippen molar-refractivity contribution in [3.8, 4) is 17.2 Å². The second-order valence-corrected chi connectivity index (χ2v) is 32.1. The van der Waals surface area contributed by atoms with E-state index in [-0.39, 0.29) is 96.6 Å². The van der Waals surface area contributed by atoms with Gasteiger partial charge in [0.25, 0.3) is 17.7 Å². The molecule has 4 atom stereocenters. The van der Waals surface area contributed by atoms with Crippen LogP contribution in [0.1, 0.15) is 184 Å². The van der Waals surface area contributed by atoms with E-state index in [2.05, 4.69) is 18.2 Å². The molecule has 586 valence electrons. The Labute approximate surface area is 653 Å². The highest BCUT2D eigenvalue weighted by molar-refractivity contribution is 5.98. The number of benzene rings is 6. The number of aromatic hydroxyl groups is 1. The van der Waals surface area contributed by atoms with Crippen molar-refractivity contribution in [2.45, 2.75) is 128 Å². The van der Waals surface area contributed by atoms with Gasteiger partial charge in [0.2, 0.25) is 16.3 Å². The van der Waals surface area contributed by atoms with Gasteiger partial charge in [-0.1, -0.05) is 131 Å². The average Bonchev–Trinajstić information content (AvgIpc) is 1.52. The van der Waals surface area contributed by atoms with Gasteiger partial charge in [-0.2, -0.15) is 0 Å². The first-order chi connectivity index (χ1) is 54.8. The number of pyridine rings is 3. The van der Waals surface area contributed by atoms with Crippen molar-refractivity contribution >= 4 is 29.9 Å². The fourth-order valence-corrected chi connectivity index (χ4v) is 19.5. The van der Waals surface area contributed by atoms with Crippen molar-refractivity contribution in [3.63, 3.8) is 0 Å². The summed E-state index contributed by atoms with van der Waals surface area (Å²) in [5.41, 5.74) is 6.82. The van der Waals surface area contributed by atoms with Gasteiger partial charge in [0.05, 0.1) is 13.2 Å². The molecule has 24 heteroatoms. The number of halogens is 6. The Morgan fingerprint density at radius 3 is 1.46 bits per heavy atom. The molecule has 114 heavy (non-hydrogen) atoms. The molecule has 18 nitrogen and oxygen atoms in total.